The number of benzene rings is 1. The van der Waals surface area contributed by atoms with E-state index in [1.807, 2.05) is 0 Å². The van der Waals surface area contributed by atoms with Crippen LogP contribution in [0.15, 0.2) is 24.3 Å². The molecule has 0 bridgehead atoms. The summed E-state index contributed by atoms with van der Waals surface area (Å²) < 4.78 is 12.8. The maximum absolute atomic E-state index is 12.8. The van der Waals surface area contributed by atoms with Crippen molar-refractivity contribution in [3.8, 4) is 0 Å². The summed E-state index contributed by atoms with van der Waals surface area (Å²) in [5, 5.41) is 2.74. The van der Waals surface area contributed by atoms with E-state index in [1.54, 1.807) is 37.9 Å². The van der Waals surface area contributed by atoms with Gasteiger partial charge in [0.1, 0.15) is 11.2 Å². The molecule has 0 fully saturated rings. The lowest BCUT2D eigenvalue weighted by atomic mass is 9.90. The molecule has 5 heteroatoms. The summed E-state index contributed by atoms with van der Waals surface area (Å²) in [7, 11) is 1.72. The zero-order chi connectivity index (χ0) is 16.8. The van der Waals surface area contributed by atoms with Gasteiger partial charge in [0.2, 0.25) is 11.8 Å². The molecular weight excluding hydrogens is 283 g/mol. The van der Waals surface area contributed by atoms with Crippen LogP contribution < -0.4 is 5.32 Å². The first-order chi connectivity index (χ1) is 10.3. The topological polar surface area (TPSA) is 49.4 Å². The summed E-state index contributed by atoms with van der Waals surface area (Å²) >= 11 is 0. The van der Waals surface area contributed by atoms with Crippen LogP contribution in [0.4, 0.5) is 4.39 Å². The van der Waals surface area contributed by atoms with E-state index in [-0.39, 0.29) is 24.2 Å². The zero-order valence-corrected chi connectivity index (χ0v) is 13.8. The maximum atomic E-state index is 12.8. The predicted octanol–water partition coefficient (Wildman–Crippen LogP) is 2.73. The second-order valence-electron chi connectivity index (χ2n) is 6.01. The first-order valence-electron chi connectivity index (χ1n) is 7.57. The molecule has 1 N–H and O–H groups in total. The molecule has 2 amide bonds. The second-order valence-corrected chi connectivity index (χ2v) is 6.01. The standard InChI is InChI=1S/C17H25FN2O2/c1-5-6-11-20(4)16(22)17(2,3)15(21)19-12-13-7-9-14(18)10-8-13/h7-10H,5-6,11-12H2,1-4H3,(H,19,21). The molecule has 0 aromatic heterocycles. The number of hydrogen-bond acceptors (Lipinski definition) is 2. The van der Waals surface area contributed by atoms with E-state index in [2.05, 4.69) is 12.2 Å². The minimum Gasteiger partial charge on any atom is -0.351 e. The average Bonchev–Trinajstić information content (AvgIpc) is 2.50. The Labute approximate surface area is 131 Å². The van der Waals surface area contributed by atoms with Gasteiger partial charge in [0.15, 0.2) is 0 Å². The number of carbonyl (C=O) groups is 2. The van der Waals surface area contributed by atoms with Gasteiger partial charge in [-0.05, 0) is 38.0 Å². The second kappa shape index (κ2) is 7.92. The minimum atomic E-state index is -1.12. The molecule has 0 spiro atoms. The molecule has 4 nitrogen and oxygen atoms in total. The quantitative estimate of drug-likeness (QED) is 0.787. The molecule has 22 heavy (non-hydrogen) atoms. The van der Waals surface area contributed by atoms with E-state index in [0.717, 1.165) is 18.4 Å². The number of nitrogens with one attached hydrogen (secondary N) is 1. The monoisotopic (exact) mass is 308 g/mol. The Hall–Kier alpha value is -1.91. The summed E-state index contributed by atoms with van der Waals surface area (Å²) in [4.78, 5) is 26.3. The first kappa shape index (κ1) is 18.1. The Morgan fingerprint density at radius 2 is 1.82 bits per heavy atom. The molecule has 0 aliphatic rings. The Balaban J connectivity index is 2.61. The van der Waals surface area contributed by atoms with Crippen molar-refractivity contribution in [2.45, 2.75) is 40.2 Å². The van der Waals surface area contributed by atoms with Gasteiger partial charge in [0, 0.05) is 20.1 Å². The number of nitrogens with zero attached hydrogens (tertiary/aromatic N) is 1. The Morgan fingerprint density at radius 3 is 2.36 bits per heavy atom. The largest absolute Gasteiger partial charge is 0.351 e. The number of amides is 2. The van der Waals surface area contributed by atoms with Crippen molar-refractivity contribution < 1.29 is 14.0 Å². The van der Waals surface area contributed by atoms with Crippen LogP contribution in [0.2, 0.25) is 0 Å². The Kier molecular flexibility index (Phi) is 6.53. The fourth-order valence-electron chi connectivity index (χ4n) is 2.08. The van der Waals surface area contributed by atoms with Crippen molar-refractivity contribution in [2.24, 2.45) is 5.41 Å². The molecule has 0 heterocycles. The molecule has 0 saturated heterocycles. The molecule has 0 unspecified atom stereocenters. The van der Waals surface area contributed by atoms with Gasteiger partial charge in [0.25, 0.3) is 0 Å². The Bertz CT molecular complexity index is 512. The molecule has 0 aliphatic heterocycles. The maximum Gasteiger partial charge on any atom is 0.237 e. The highest BCUT2D eigenvalue weighted by atomic mass is 19.1. The Morgan fingerprint density at radius 1 is 1.23 bits per heavy atom. The molecule has 0 aliphatic carbocycles. The van der Waals surface area contributed by atoms with Crippen molar-refractivity contribution in [3.05, 3.63) is 35.6 Å². The summed E-state index contributed by atoms with van der Waals surface area (Å²) in [6.45, 7) is 6.22. The third kappa shape index (κ3) is 4.83. The van der Waals surface area contributed by atoms with Gasteiger partial charge >= 0.3 is 0 Å². The lowest BCUT2D eigenvalue weighted by Crippen LogP contribution is -2.48. The smallest absolute Gasteiger partial charge is 0.237 e. The summed E-state index contributed by atoms with van der Waals surface area (Å²) in [5.41, 5.74) is -0.333. The third-order valence-electron chi connectivity index (χ3n) is 3.66. The zero-order valence-electron chi connectivity index (χ0n) is 13.8. The van der Waals surface area contributed by atoms with Crippen LogP contribution in [-0.2, 0) is 16.1 Å². The fraction of sp³-hybridized carbons (Fsp3) is 0.529. The van der Waals surface area contributed by atoms with Gasteiger partial charge in [0.05, 0.1) is 0 Å². The lowest BCUT2D eigenvalue weighted by Gasteiger charge is -2.28. The summed E-state index contributed by atoms with van der Waals surface area (Å²) in [5.74, 6) is -0.842. The molecule has 0 radical (unpaired) electrons. The molecule has 1 aromatic rings. The van der Waals surface area contributed by atoms with Crippen LogP contribution in [-0.4, -0.2) is 30.3 Å². The third-order valence-corrected chi connectivity index (χ3v) is 3.66. The predicted molar refractivity (Wildman–Crippen MR) is 84.6 cm³/mol. The van der Waals surface area contributed by atoms with Crippen LogP contribution in [0.1, 0.15) is 39.2 Å². The van der Waals surface area contributed by atoms with E-state index in [0.29, 0.717) is 6.54 Å². The first-order valence-corrected chi connectivity index (χ1v) is 7.57. The van der Waals surface area contributed by atoms with E-state index < -0.39 is 5.41 Å². The van der Waals surface area contributed by atoms with E-state index in [1.165, 1.54) is 12.1 Å². The fourth-order valence-corrected chi connectivity index (χ4v) is 2.08. The molecular formula is C17H25FN2O2. The van der Waals surface area contributed by atoms with Gasteiger partial charge < -0.3 is 10.2 Å². The van der Waals surface area contributed by atoms with Crippen molar-refractivity contribution in [3.63, 3.8) is 0 Å². The number of unbranched alkanes of at least 4 members (excludes halogenated alkanes) is 1. The molecule has 1 rings (SSSR count). The number of halogens is 1. The molecule has 0 saturated carbocycles. The van der Waals surface area contributed by atoms with Crippen LogP contribution in [0.5, 0.6) is 0 Å². The van der Waals surface area contributed by atoms with Crippen molar-refractivity contribution >= 4 is 11.8 Å². The molecule has 0 atom stereocenters. The molecule has 1 aromatic carbocycles. The SMILES string of the molecule is CCCCN(C)C(=O)C(C)(C)C(=O)NCc1ccc(F)cc1. The summed E-state index contributed by atoms with van der Waals surface area (Å²) in [6, 6.07) is 5.90. The lowest BCUT2D eigenvalue weighted by molar-refractivity contribution is -0.147. The summed E-state index contributed by atoms with van der Waals surface area (Å²) in [6.07, 6.45) is 1.91. The van der Waals surface area contributed by atoms with Gasteiger partial charge in [-0.15, -0.1) is 0 Å². The van der Waals surface area contributed by atoms with Crippen LogP contribution in [0.3, 0.4) is 0 Å². The van der Waals surface area contributed by atoms with E-state index >= 15 is 0 Å². The molecule has 122 valence electrons. The van der Waals surface area contributed by atoms with Crippen molar-refractivity contribution in [1.82, 2.24) is 10.2 Å². The van der Waals surface area contributed by atoms with Gasteiger partial charge in [-0.3, -0.25) is 9.59 Å². The van der Waals surface area contributed by atoms with E-state index in [9.17, 15) is 14.0 Å². The van der Waals surface area contributed by atoms with Crippen LogP contribution in [0.25, 0.3) is 0 Å². The van der Waals surface area contributed by atoms with Gasteiger partial charge in [-0.2, -0.15) is 0 Å². The van der Waals surface area contributed by atoms with Gasteiger partial charge in [-0.1, -0.05) is 25.5 Å². The average molecular weight is 308 g/mol. The normalized spacial score (nSPS) is 11.1. The van der Waals surface area contributed by atoms with Crippen LogP contribution >= 0.6 is 0 Å². The minimum absolute atomic E-state index is 0.197. The number of rotatable bonds is 7. The number of carbonyl (C=O) groups excluding carboxylic acids is 2. The highest BCUT2D eigenvalue weighted by Gasteiger charge is 2.37. The highest BCUT2D eigenvalue weighted by molar-refractivity contribution is 6.04. The highest BCUT2D eigenvalue weighted by Crippen LogP contribution is 2.19. The van der Waals surface area contributed by atoms with Crippen molar-refractivity contribution in [2.75, 3.05) is 13.6 Å². The van der Waals surface area contributed by atoms with Crippen LogP contribution in [0, 0.1) is 11.2 Å². The van der Waals surface area contributed by atoms with Crippen molar-refractivity contribution in [1.29, 1.82) is 0 Å². The number of hydrogen-bond donors (Lipinski definition) is 1. The van der Waals surface area contributed by atoms with E-state index in [4.69, 9.17) is 0 Å². The van der Waals surface area contributed by atoms with Gasteiger partial charge in [-0.25, -0.2) is 4.39 Å².